The summed E-state index contributed by atoms with van der Waals surface area (Å²) >= 11 is 0. The normalized spacial score (nSPS) is 13.2. The van der Waals surface area contributed by atoms with Crippen LogP contribution >= 0.6 is 0 Å². The molecule has 0 saturated heterocycles. The van der Waals surface area contributed by atoms with E-state index in [-0.39, 0.29) is 17.5 Å². The lowest BCUT2D eigenvalue weighted by Gasteiger charge is -2.17. The number of hydrogen-bond donors (Lipinski definition) is 2. The van der Waals surface area contributed by atoms with Crippen molar-refractivity contribution < 1.29 is 22.6 Å². The van der Waals surface area contributed by atoms with Gasteiger partial charge in [0.25, 0.3) is 0 Å². The van der Waals surface area contributed by atoms with E-state index in [0.29, 0.717) is 18.5 Å². The molecule has 0 radical (unpaired) electrons. The van der Waals surface area contributed by atoms with Crippen LogP contribution in [-0.4, -0.2) is 20.0 Å². The highest BCUT2D eigenvalue weighted by molar-refractivity contribution is 5.42. The molecule has 0 amide bonds. The summed E-state index contributed by atoms with van der Waals surface area (Å²) in [7, 11) is 1.37. The van der Waals surface area contributed by atoms with Crippen molar-refractivity contribution in [2.75, 3.05) is 13.7 Å². The average Bonchev–Trinajstić information content (AvgIpc) is 2.33. The lowest BCUT2D eigenvalue weighted by Crippen LogP contribution is -2.18. The van der Waals surface area contributed by atoms with Crippen molar-refractivity contribution in [1.82, 2.24) is 0 Å². The Balaban J connectivity index is 2.90. The zero-order valence-corrected chi connectivity index (χ0v) is 10.5. The molecule has 0 fully saturated rings. The van der Waals surface area contributed by atoms with Gasteiger partial charge in [0.2, 0.25) is 0 Å². The molecule has 7 heteroatoms. The smallest absolute Gasteiger partial charge is 0.496 e. The molecule has 0 saturated carbocycles. The molecule has 1 atom stereocenters. The van der Waals surface area contributed by atoms with Crippen LogP contribution in [0.3, 0.4) is 0 Å². The molecule has 0 heterocycles. The zero-order valence-electron chi connectivity index (χ0n) is 10.5. The molecule has 4 nitrogen and oxygen atoms in total. The third-order valence-electron chi connectivity index (χ3n) is 2.56. The standard InChI is InChI=1S/C12H17F3N2O2/c1-18-11-7-8(19-12(13,14)15)4-5-9(11)10(17)3-2-6-16/h4-5,7,10H,2-3,6,16-17H2,1H3/t10-/m0/s1. The molecule has 0 aliphatic rings. The Morgan fingerprint density at radius 1 is 1.32 bits per heavy atom. The minimum atomic E-state index is -4.73. The molecule has 0 aliphatic carbocycles. The molecular weight excluding hydrogens is 261 g/mol. The summed E-state index contributed by atoms with van der Waals surface area (Å²) in [5.74, 6) is -0.0644. The quantitative estimate of drug-likeness (QED) is 0.838. The summed E-state index contributed by atoms with van der Waals surface area (Å²) in [4.78, 5) is 0. The Morgan fingerprint density at radius 3 is 2.53 bits per heavy atom. The monoisotopic (exact) mass is 278 g/mol. The van der Waals surface area contributed by atoms with Crippen LogP contribution in [0.2, 0.25) is 0 Å². The molecule has 1 aromatic carbocycles. The second-order valence-corrected chi connectivity index (χ2v) is 3.99. The molecule has 19 heavy (non-hydrogen) atoms. The Bertz CT molecular complexity index is 410. The van der Waals surface area contributed by atoms with Gasteiger partial charge in [-0.25, -0.2) is 0 Å². The largest absolute Gasteiger partial charge is 0.573 e. The molecular formula is C12H17F3N2O2. The molecule has 0 aromatic heterocycles. The topological polar surface area (TPSA) is 70.5 Å². The maximum atomic E-state index is 12.1. The van der Waals surface area contributed by atoms with Crippen LogP contribution in [0.4, 0.5) is 13.2 Å². The predicted octanol–water partition coefficient (Wildman–Crippen LogP) is 2.33. The van der Waals surface area contributed by atoms with E-state index in [1.165, 1.54) is 25.3 Å². The van der Waals surface area contributed by atoms with Crippen LogP contribution in [0.15, 0.2) is 18.2 Å². The highest BCUT2D eigenvalue weighted by Crippen LogP contribution is 2.32. The van der Waals surface area contributed by atoms with Crippen LogP contribution in [0, 0.1) is 0 Å². The second-order valence-electron chi connectivity index (χ2n) is 3.99. The van der Waals surface area contributed by atoms with Crippen molar-refractivity contribution in [2.45, 2.75) is 25.2 Å². The Labute approximate surface area is 109 Å². The van der Waals surface area contributed by atoms with E-state index < -0.39 is 6.36 Å². The number of halogens is 3. The number of rotatable bonds is 6. The fraction of sp³-hybridized carbons (Fsp3) is 0.500. The van der Waals surface area contributed by atoms with Gasteiger partial charge in [-0.15, -0.1) is 13.2 Å². The molecule has 0 unspecified atom stereocenters. The van der Waals surface area contributed by atoms with Crippen LogP contribution < -0.4 is 20.9 Å². The van der Waals surface area contributed by atoms with Gasteiger partial charge in [-0.1, -0.05) is 6.07 Å². The Kier molecular flexibility index (Phi) is 5.44. The molecule has 1 aromatic rings. The third kappa shape index (κ3) is 4.96. The van der Waals surface area contributed by atoms with Crippen molar-refractivity contribution in [3.8, 4) is 11.5 Å². The summed E-state index contributed by atoms with van der Waals surface area (Å²) in [5, 5.41) is 0. The van der Waals surface area contributed by atoms with Gasteiger partial charge in [0.05, 0.1) is 7.11 Å². The Hall–Kier alpha value is -1.47. The molecule has 0 aliphatic heterocycles. The first kappa shape index (κ1) is 15.6. The van der Waals surface area contributed by atoms with Crippen molar-refractivity contribution in [1.29, 1.82) is 0 Å². The average molecular weight is 278 g/mol. The summed E-state index contributed by atoms with van der Waals surface area (Å²) in [6.07, 6.45) is -3.37. The van der Waals surface area contributed by atoms with E-state index in [4.69, 9.17) is 16.2 Å². The maximum Gasteiger partial charge on any atom is 0.573 e. The van der Waals surface area contributed by atoms with Crippen molar-refractivity contribution in [3.05, 3.63) is 23.8 Å². The summed E-state index contributed by atoms with van der Waals surface area (Å²) < 4.78 is 45.2. The van der Waals surface area contributed by atoms with Gasteiger partial charge in [0.1, 0.15) is 11.5 Å². The number of nitrogens with two attached hydrogens (primary N) is 2. The first-order valence-corrected chi connectivity index (χ1v) is 5.76. The van der Waals surface area contributed by atoms with Crippen molar-refractivity contribution in [2.24, 2.45) is 11.5 Å². The van der Waals surface area contributed by atoms with Gasteiger partial charge >= 0.3 is 6.36 Å². The first-order chi connectivity index (χ1) is 8.87. The van der Waals surface area contributed by atoms with E-state index in [9.17, 15) is 13.2 Å². The fourth-order valence-electron chi connectivity index (χ4n) is 1.69. The lowest BCUT2D eigenvalue weighted by atomic mass is 10.0. The van der Waals surface area contributed by atoms with Crippen LogP contribution in [0.1, 0.15) is 24.4 Å². The van der Waals surface area contributed by atoms with Gasteiger partial charge in [-0.3, -0.25) is 0 Å². The molecule has 108 valence electrons. The second kappa shape index (κ2) is 6.63. The van der Waals surface area contributed by atoms with Crippen molar-refractivity contribution in [3.63, 3.8) is 0 Å². The van der Waals surface area contributed by atoms with E-state index in [2.05, 4.69) is 4.74 Å². The number of benzene rings is 1. The third-order valence-corrected chi connectivity index (χ3v) is 2.56. The fourth-order valence-corrected chi connectivity index (χ4v) is 1.69. The van der Waals surface area contributed by atoms with E-state index in [1.54, 1.807) is 0 Å². The van der Waals surface area contributed by atoms with Crippen LogP contribution in [0.5, 0.6) is 11.5 Å². The van der Waals surface area contributed by atoms with E-state index in [1.807, 2.05) is 0 Å². The predicted molar refractivity (Wildman–Crippen MR) is 64.9 cm³/mol. The lowest BCUT2D eigenvalue weighted by molar-refractivity contribution is -0.274. The summed E-state index contributed by atoms with van der Waals surface area (Å²) in [6.45, 7) is 0.505. The number of ether oxygens (including phenoxy) is 2. The molecule has 0 spiro atoms. The SMILES string of the molecule is COc1cc(OC(F)(F)F)ccc1[C@@H](N)CCCN. The number of alkyl halides is 3. The minimum Gasteiger partial charge on any atom is -0.496 e. The van der Waals surface area contributed by atoms with Gasteiger partial charge in [-0.05, 0) is 25.5 Å². The van der Waals surface area contributed by atoms with Crippen LogP contribution in [-0.2, 0) is 0 Å². The van der Waals surface area contributed by atoms with Gasteiger partial charge in [-0.2, -0.15) is 0 Å². The number of hydrogen-bond acceptors (Lipinski definition) is 4. The van der Waals surface area contributed by atoms with Crippen LogP contribution in [0.25, 0.3) is 0 Å². The molecule has 1 rings (SSSR count). The molecule has 4 N–H and O–H groups in total. The van der Waals surface area contributed by atoms with Gasteiger partial charge in [0, 0.05) is 17.7 Å². The van der Waals surface area contributed by atoms with E-state index >= 15 is 0 Å². The number of methoxy groups -OCH3 is 1. The first-order valence-electron chi connectivity index (χ1n) is 5.76. The van der Waals surface area contributed by atoms with Gasteiger partial charge in [0.15, 0.2) is 0 Å². The highest BCUT2D eigenvalue weighted by atomic mass is 19.4. The minimum absolute atomic E-state index is 0.270. The van der Waals surface area contributed by atoms with Crippen molar-refractivity contribution >= 4 is 0 Å². The van der Waals surface area contributed by atoms with E-state index in [0.717, 1.165) is 6.42 Å². The summed E-state index contributed by atoms with van der Waals surface area (Å²) in [5.41, 5.74) is 12.0. The highest BCUT2D eigenvalue weighted by Gasteiger charge is 2.31. The maximum absolute atomic E-state index is 12.1. The zero-order chi connectivity index (χ0) is 14.5. The van der Waals surface area contributed by atoms with Gasteiger partial charge < -0.3 is 20.9 Å². The molecule has 0 bridgehead atoms. The Morgan fingerprint density at radius 2 is 2.00 bits per heavy atom. The summed E-state index contributed by atoms with van der Waals surface area (Å²) in [6, 6.07) is 3.53.